The Hall–Kier alpha value is -1.76. The van der Waals surface area contributed by atoms with Gasteiger partial charge in [0.1, 0.15) is 11.1 Å². The Kier molecular flexibility index (Phi) is 5.33. The van der Waals surface area contributed by atoms with Gasteiger partial charge in [-0.05, 0) is 25.3 Å². The van der Waals surface area contributed by atoms with E-state index >= 15 is 0 Å². The number of carbonyl (C=O) groups is 1. The Balaban J connectivity index is 1.32. The van der Waals surface area contributed by atoms with E-state index in [1.54, 1.807) is 11.3 Å². The van der Waals surface area contributed by atoms with Gasteiger partial charge in [0.25, 0.3) is 5.91 Å². The average Bonchev–Trinajstić information content (AvgIpc) is 3.34. The summed E-state index contributed by atoms with van der Waals surface area (Å²) in [6.45, 7) is 7.07. The lowest BCUT2D eigenvalue weighted by Crippen LogP contribution is -2.51. The molecule has 2 saturated heterocycles. The van der Waals surface area contributed by atoms with Crippen LogP contribution in [0.2, 0.25) is 0 Å². The maximum absolute atomic E-state index is 12.4. The van der Waals surface area contributed by atoms with Gasteiger partial charge in [-0.25, -0.2) is 4.98 Å². The quantitative estimate of drug-likeness (QED) is 0.829. The van der Waals surface area contributed by atoms with Crippen molar-refractivity contribution in [2.45, 2.75) is 32.4 Å². The number of aryl methyl sites for hydroxylation is 1. The molecule has 1 aromatic heterocycles. The Bertz CT molecular complexity index is 762. The molecule has 0 radical (unpaired) electrons. The van der Waals surface area contributed by atoms with Gasteiger partial charge in [-0.2, -0.15) is 0 Å². The minimum atomic E-state index is -0.197. The van der Waals surface area contributed by atoms with Gasteiger partial charge in [0.05, 0.1) is 5.69 Å². The van der Waals surface area contributed by atoms with Crippen molar-refractivity contribution in [3.8, 4) is 10.6 Å². The Morgan fingerprint density at radius 2 is 2.08 bits per heavy atom. The van der Waals surface area contributed by atoms with Crippen LogP contribution in [0.3, 0.4) is 0 Å². The molecule has 1 atom stereocenters. The highest BCUT2D eigenvalue weighted by molar-refractivity contribution is 7.13. The van der Waals surface area contributed by atoms with Gasteiger partial charge in [-0.3, -0.25) is 9.69 Å². The third kappa shape index (κ3) is 3.82. The molecule has 6 heteroatoms. The lowest BCUT2D eigenvalue weighted by molar-refractivity contribution is -0.142. The van der Waals surface area contributed by atoms with E-state index in [1.807, 2.05) is 4.90 Å². The zero-order valence-electron chi connectivity index (χ0n) is 15.2. The Labute approximate surface area is 158 Å². The maximum Gasteiger partial charge on any atom is 0.251 e. The molecule has 2 aliphatic heterocycles. The smallest absolute Gasteiger partial charge is 0.251 e. The van der Waals surface area contributed by atoms with Crippen molar-refractivity contribution in [2.75, 3.05) is 32.8 Å². The fourth-order valence-corrected chi connectivity index (χ4v) is 4.55. The minimum absolute atomic E-state index is 0.178. The molecule has 2 aromatic rings. The summed E-state index contributed by atoms with van der Waals surface area (Å²) in [7, 11) is 0. The van der Waals surface area contributed by atoms with E-state index < -0.39 is 0 Å². The topological polar surface area (TPSA) is 45.7 Å². The number of carbonyl (C=O) groups excluding carboxylic acids is 1. The summed E-state index contributed by atoms with van der Waals surface area (Å²) in [5, 5.41) is 3.25. The predicted molar refractivity (Wildman–Crippen MR) is 103 cm³/mol. The van der Waals surface area contributed by atoms with Gasteiger partial charge in [0, 0.05) is 50.3 Å². The molecule has 0 bridgehead atoms. The first kappa shape index (κ1) is 17.6. The first-order valence-corrected chi connectivity index (χ1v) is 10.2. The Morgan fingerprint density at radius 3 is 2.81 bits per heavy atom. The van der Waals surface area contributed by atoms with E-state index in [-0.39, 0.29) is 12.0 Å². The molecular formula is C20H25N3O2S. The van der Waals surface area contributed by atoms with Gasteiger partial charge in [0.15, 0.2) is 0 Å². The zero-order chi connectivity index (χ0) is 17.9. The highest BCUT2D eigenvalue weighted by Gasteiger charge is 2.30. The van der Waals surface area contributed by atoms with Crippen LogP contribution in [-0.4, -0.2) is 59.6 Å². The van der Waals surface area contributed by atoms with Crippen LogP contribution < -0.4 is 0 Å². The van der Waals surface area contributed by atoms with Crippen molar-refractivity contribution in [2.24, 2.45) is 0 Å². The molecule has 2 fully saturated rings. The molecule has 0 spiro atoms. The molecule has 26 heavy (non-hydrogen) atoms. The highest BCUT2D eigenvalue weighted by atomic mass is 32.1. The van der Waals surface area contributed by atoms with Crippen LogP contribution in [0.4, 0.5) is 0 Å². The van der Waals surface area contributed by atoms with Crippen molar-refractivity contribution >= 4 is 17.2 Å². The predicted octanol–water partition coefficient (Wildman–Crippen LogP) is 2.94. The van der Waals surface area contributed by atoms with Crippen molar-refractivity contribution in [1.29, 1.82) is 0 Å². The molecule has 3 heterocycles. The number of ether oxygens (including phenoxy) is 1. The van der Waals surface area contributed by atoms with Crippen molar-refractivity contribution in [3.63, 3.8) is 0 Å². The van der Waals surface area contributed by atoms with E-state index in [9.17, 15) is 4.79 Å². The third-order valence-electron chi connectivity index (χ3n) is 5.20. The number of hydrogen-bond acceptors (Lipinski definition) is 5. The number of aromatic nitrogens is 1. The maximum atomic E-state index is 12.4. The third-order valence-corrected chi connectivity index (χ3v) is 6.13. The average molecular weight is 372 g/mol. The molecule has 0 saturated carbocycles. The second kappa shape index (κ2) is 7.86. The van der Waals surface area contributed by atoms with Gasteiger partial charge < -0.3 is 9.64 Å². The van der Waals surface area contributed by atoms with Crippen LogP contribution in [0, 0.1) is 6.92 Å². The summed E-state index contributed by atoms with van der Waals surface area (Å²) in [6.07, 6.45) is 1.68. The molecule has 0 unspecified atom stereocenters. The van der Waals surface area contributed by atoms with Crippen molar-refractivity contribution in [3.05, 3.63) is 40.9 Å². The standard InChI is InChI=1S/C20H25N3O2S/c1-15-5-2-3-6-17(15)19-21-16(14-26-19)13-22-8-10-23(11-9-22)20(24)18-7-4-12-25-18/h2-3,5-6,14,18H,4,7-13H2,1H3/t18-/m0/s1. The molecule has 138 valence electrons. The molecule has 0 N–H and O–H groups in total. The summed E-state index contributed by atoms with van der Waals surface area (Å²) in [5.74, 6) is 0.178. The fourth-order valence-electron chi connectivity index (χ4n) is 3.65. The summed E-state index contributed by atoms with van der Waals surface area (Å²) in [5.41, 5.74) is 3.59. The number of thiazole rings is 1. The van der Waals surface area contributed by atoms with Crippen LogP contribution in [0.15, 0.2) is 29.6 Å². The first-order chi connectivity index (χ1) is 12.7. The minimum Gasteiger partial charge on any atom is -0.368 e. The van der Waals surface area contributed by atoms with Gasteiger partial charge in [-0.1, -0.05) is 24.3 Å². The van der Waals surface area contributed by atoms with Crippen LogP contribution in [0.5, 0.6) is 0 Å². The molecule has 1 amide bonds. The van der Waals surface area contributed by atoms with Crippen molar-refractivity contribution in [1.82, 2.24) is 14.8 Å². The summed E-state index contributed by atoms with van der Waals surface area (Å²) < 4.78 is 5.53. The van der Waals surface area contributed by atoms with Crippen LogP contribution in [0.25, 0.3) is 10.6 Å². The normalized spacial score (nSPS) is 21.3. The molecule has 2 aliphatic rings. The van der Waals surface area contributed by atoms with Crippen molar-refractivity contribution < 1.29 is 9.53 Å². The summed E-state index contributed by atoms with van der Waals surface area (Å²) in [4.78, 5) is 21.6. The largest absolute Gasteiger partial charge is 0.368 e. The van der Waals surface area contributed by atoms with E-state index in [0.717, 1.165) is 62.9 Å². The number of nitrogens with zero attached hydrogens (tertiary/aromatic N) is 3. The molecule has 0 aliphatic carbocycles. The second-order valence-corrected chi connectivity index (χ2v) is 7.92. The SMILES string of the molecule is Cc1ccccc1-c1nc(CN2CCN(C(=O)[C@@H]3CCCO3)CC2)cs1. The van der Waals surface area contributed by atoms with Crippen LogP contribution in [-0.2, 0) is 16.1 Å². The van der Waals surface area contributed by atoms with Crippen LogP contribution in [0.1, 0.15) is 24.1 Å². The first-order valence-electron chi connectivity index (χ1n) is 9.34. The highest BCUT2D eigenvalue weighted by Crippen LogP contribution is 2.27. The number of benzene rings is 1. The van der Waals surface area contributed by atoms with Gasteiger partial charge in [0.2, 0.25) is 0 Å². The number of rotatable bonds is 4. The number of amides is 1. The summed E-state index contributed by atoms with van der Waals surface area (Å²) >= 11 is 1.71. The molecule has 4 rings (SSSR count). The summed E-state index contributed by atoms with van der Waals surface area (Å²) in [6, 6.07) is 8.38. The van der Waals surface area contributed by atoms with Gasteiger partial charge in [-0.15, -0.1) is 11.3 Å². The van der Waals surface area contributed by atoms with E-state index in [2.05, 4.69) is 41.5 Å². The Morgan fingerprint density at radius 1 is 1.27 bits per heavy atom. The lowest BCUT2D eigenvalue weighted by Gasteiger charge is -2.35. The van der Waals surface area contributed by atoms with E-state index in [4.69, 9.17) is 9.72 Å². The van der Waals surface area contributed by atoms with Gasteiger partial charge >= 0.3 is 0 Å². The monoisotopic (exact) mass is 371 g/mol. The zero-order valence-corrected chi connectivity index (χ0v) is 16.0. The molecule has 5 nitrogen and oxygen atoms in total. The number of piperazine rings is 1. The molecule has 1 aromatic carbocycles. The second-order valence-electron chi connectivity index (χ2n) is 7.06. The fraction of sp³-hybridized carbons (Fsp3) is 0.500. The number of hydrogen-bond donors (Lipinski definition) is 0. The van der Waals surface area contributed by atoms with Crippen LogP contribution >= 0.6 is 11.3 Å². The van der Waals surface area contributed by atoms with E-state index in [0.29, 0.717) is 0 Å². The lowest BCUT2D eigenvalue weighted by atomic mass is 10.1. The van der Waals surface area contributed by atoms with E-state index in [1.165, 1.54) is 11.1 Å². The molecular weight excluding hydrogens is 346 g/mol.